The summed E-state index contributed by atoms with van der Waals surface area (Å²) in [6.07, 6.45) is 0. The summed E-state index contributed by atoms with van der Waals surface area (Å²) in [7, 11) is -4.09. The Balaban J connectivity index is 2.39. The third kappa shape index (κ3) is 2.76. The van der Waals surface area contributed by atoms with E-state index in [-0.39, 0.29) is 10.6 Å². The Morgan fingerprint density at radius 1 is 1.29 bits per heavy atom. The van der Waals surface area contributed by atoms with Gasteiger partial charge in [0.2, 0.25) is 21.8 Å². The lowest BCUT2D eigenvalue weighted by molar-refractivity contribution is -0.384. The zero-order valence-corrected chi connectivity index (χ0v) is 11.7. The van der Waals surface area contributed by atoms with Gasteiger partial charge in [-0.15, -0.1) is 0 Å². The van der Waals surface area contributed by atoms with Crippen molar-refractivity contribution in [1.82, 2.24) is 9.62 Å². The van der Waals surface area contributed by atoms with E-state index in [0.717, 1.165) is 28.6 Å². The SMILES string of the molecule is CC1C(=O)NC(=O)CN1S(=O)(=O)c1ccc([N+](=O)[O-])cc1. The van der Waals surface area contributed by atoms with Crippen molar-refractivity contribution in [3.05, 3.63) is 34.4 Å². The van der Waals surface area contributed by atoms with Gasteiger partial charge < -0.3 is 0 Å². The van der Waals surface area contributed by atoms with Gasteiger partial charge >= 0.3 is 0 Å². The van der Waals surface area contributed by atoms with Crippen LogP contribution >= 0.6 is 0 Å². The Labute approximate surface area is 119 Å². The molecule has 2 amide bonds. The third-order valence-electron chi connectivity index (χ3n) is 3.03. The Morgan fingerprint density at radius 3 is 2.38 bits per heavy atom. The molecule has 112 valence electrons. The second-order valence-electron chi connectivity index (χ2n) is 4.39. The highest BCUT2D eigenvalue weighted by atomic mass is 32.2. The van der Waals surface area contributed by atoms with Crippen LogP contribution in [-0.4, -0.2) is 42.0 Å². The number of nitrogens with one attached hydrogen (secondary N) is 1. The molecule has 1 fully saturated rings. The van der Waals surface area contributed by atoms with Gasteiger partial charge in [0.1, 0.15) is 6.04 Å². The average molecular weight is 313 g/mol. The number of piperazine rings is 1. The van der Waals surface area contributed by atoms with Gasteiger partial charge in [0.05, 0.1) is 16.4 Å². The summed E-state index contributed by atoms with van der Waals surface area (Å²) in [4.78, 5) is 32.5. The molecular weight excluding hydrogens is 302 g/mol. The molecule has 0 bridgehead atoms. The van der Waals surface area contributed by atoms with Crippen LogP contribution in [0, 0.1) is 10.1 Å². The molecule has 1 saturated heterocycles. The van der Waals surface area contributed by atoms with Gasteiger partial charge in [-0.2, -0.15) is 4.31 Å². The molecule has 0 aliphatic carbocycles. The molecule has 9 nitrogen and oxygen atoms in total. The largest absolute Gasteiger partial charge is 0.294 e. The Kier molecular flexibility index (Phi) is 3.75. The van der Waals surface area contributed by atoms with E-state index in [9.17, 15) is 28.1 Å². The van der Waals surface area contributed by atoms with E-state index < -0.39 is 39.3 Å². The van der Waals surface area contributed by atoms with Gasteiger partial charge in [0, 0.05) is 12.1 Å². The van der Waals surface area contributed by atoms with E-state index in [1.165, 1.54) is 6.92 Å². The van der Waals surface area contributed by atoms with E-state index in [2.05, 4.69) is 0 Å². The number of non-ortho nitro benzene ring substituents is 1. The highest BCUT2D eigenvalue weighted by Gasteiger charge is 2.38. The van der Waals surface area contributed by atoms with E-state index in [4.69, 9.17) is 0 Å². The quantitative estimate of drug-likeness (QED) is 0.461. The molecule has 1 atom stereocenters. The predicted octanol–water partition coefficient (Wildman–Crippen LogP) is -0.370. The fourth-order valence-electron chi connectivity index (χ4n) is 1.86. The number of rotatable bonds is 3. The van der Waals surface area contributed by atoms with Crippen LogP contribution in [0.1, 0.15) is 6.92 Å². The summed E-state index contributed by atoms with van der Waals surface area (Å²) in [5, 5.41) is 12.6. The van der Waals surface area contributed by atoms with E-state index in [1.54, 1.807) is 0 Å². The molecule has 0 saturated carbocycles. The standard InChI is InChI=1S/C11H11N3O6S/c1-7-11(16)12-10(15)6-13(7)21(19,20)9-4-2-8(3-5-9)14(17)18/h2-5,7H,6H2,1H3,(H,12,15,16). The number of benzene rings is 1. The van der Waals surface area contributed by atoms with Crippen LogP contribution in [0.25, 0.3) is 0 Å². The molecule has 1 heterocycles. The Hall–Kier alpha value is -2.33. The number of carbonyl (C=O) groups excluding carboxylic acids is 2. The van der Waals surface area contributed by atoms with Crippen LogP contribution in [0.3, 0.4) is 0 Å². The minimum absolute atomic E-state index is 0.220. The van der Waals surface area contributed by atoms with Crippen molar-refractivity contribution in [3.63, 3.8) is 0 Å². The van der Waals surface area contributed by atoms with Crippen LogP contribution in [0.15, 0.2) is 29.2 Å². The maximum atomic E-state index is 12.4. The molecule has 1 unspecified atom stereocenters. The maximum Gasteiger partial charge on any atom is 0.269 e. The van der Waals surface area contributed by atoms with Gasteiger partial charge in [0.25, 0.3) is 5.69 Å². The van der Waals surface area contributed by atoms with Crippen LogP contribution < -0.4 is 5.32 Å². The molecule has 0 spiro atoms. The van der Waals surface area contributed by atoms with Crippen molar-refractivity contribution in [2.45, 2.75) is 17.9 Å². The molecule has 1 N–H and O–H groups in total. The van der Waals surface area contributed by atoms with Crippen molar-refractivity contribution >= 4 is 27.5 Å². The number of hydrogen-bond donors (Lipinski definition) is 1. The zero-order chi connectivity index (χ0) is 15.8. The zero-order valence-electron chi connectivity index (χ0n) is 10.8. The summed E-state index contributed by atoms with van der Waals surface area (Å²) in [6, 6.07) is 3.18. The summed E-state index contributed by atoms with van der Waals surface area (Å²) in [6.45, 7) is 0.872. The third-order valence-corrected chi connectivity index (χ3v) is 4.96. The first kappa shape index (κ1) is 15.1. The lowest BCUT2D eigenvalue weighted by Crippen LogP contribution is -2.58. The number of carbonyl (C=O) groups is 2. The highest BCUT2D eigenvalue weighted by molar-refractivity contribution is 7.89. The van der Waals surface area contributed by atoms with Crippen molar-refractivity contribution < 1.29 is 22.9 Å². The predicted molar refractivity (Wildman–Crippen MR) is 69.6 cm³/mol. The lowest BCUT2D eigenvalue weighted by atomic mass is 10.2. The van der Waals surface area contributed by atoms with Gasteiger partial charge in [0.15, 0.2) is 0 Å². The molecule has 1 aliphatic heterocycles. The van der Waals surface area contributed by atoms with Crippen molar-refractivity contribution in [2.75, 3.05) is 6.54 Å². The van der Waals surface area contributed by atoms with E-state index in [1.807, 2.05) is 5.32 Å². The van der Waals surface area contributed by atoms with Crippen molar-refractivity contribution in [1.29, 1.82) is 0 Å². The van der Waals surface area contributed by atoms with Crippen LogP contribution in [0.5, 0.6) is 0 Å². The maximum absolute atomic E-state index is 12.4. The van der Waals surface area contributed by atoms with Crippen LogP contribution in [0.2, 0.25) is 0 Å². The first-order valence-corrected chi connectivity index (χ1v) is 7.27. The normalized spacial score (nSPS) is 20.1. The van der Waals surface area contributed by atoms with Crippen LogP contribution in [-0.2, 0) is 19.6 Å². The molecule has 21 heavy (non-hydrogen) atoms. The fourth-order valence-corrected chi connectivity index (χ4v) is 3.41. The smallest absolute Gasteiger partial charge is 0.269 e. The Bertz CT molecular complexity index is 712. The summed E-state index contributed by atoms with van der Waals surface area (Å²) >= 11 is 0. The van der Waals surface area contributed by atoms with Gasteiger partial charge in [-0.3, -0.25) is 25.0 Å². The van der Waals surface area contributed by atoms with Gasteiger partial charge in [-0.1, -0.05) is 0 Å². The molecule has 2 rings (SSSR count). The molecule has 1 aromatic rings. The molecular formula is C11H11N3O6S. The number of nitro groups is 1. The fraction of sp³-hybridized carbons (Fsp3) is 0.273. The van der Waals surface area contributed by atoms with E-state index >= 15 is 0 Å². The molecule has 1 aliphatic rings. The van der Waals surface area contributed by atoms with Crippen molar-refractivity contribution in [2.24, 2.45) is 0 Å². The highest BCUT2D eigenvalue weighted by Crippen LogP contribution is 2.22. The van der Waals surface area contributed by atoms with E-state index in [0.29, 0.717) is 0 Å². The second kappa shape index (κ2) is 5.22. The minimum atomic E-state index is -4.09. The first-order chi connectivity index (χ1) is 9.73. The van der Waals surface area contributed by atoms with Crippen molar-refractivity contribution in [3.8, 4) is 0 Å². The summed E-state index contributed by atoms with van der Waals surface area (Å²) < 4.78 is 25.5. The monoisotopic (exact) mass is 313 g/mol. The topological polar surface area (TPSA) is 127 Å². The molecule has 10 heteroatoms. The summed E-state index contributed by atoms with van der Waals surface area (Å²) in [5.41, 5.74) is -0.255. The number of hydrogen-bond acceptors (Lipinski definition) is 6. The Morgan fingerprint density at radius 2 is 1.86 bits per heavy atom. The first-order valence-electron chi connectivity index (χ1n) is 5.83. The molecule has 0 radical (unpaired) electrons. The minimum Gasteiger partial charge on any atom is -0.294 e. The second-order valence-corrected chi connectivity index (χ2v) is 6.28. The summed E-state index contributed by atoms with van der Waals surface area (Å²) in [5.74, 6) is -1.43. The number of imide groups is 1. The number of sulfonamides is 1. The number of nitro benzene ring substituents is 1. The number of nitrogens with zero attached hydrogens (tertiary/aromatic N) is 2. The molecule has 0 aromatic heterocycles. The lowest BCUT2D eigenvalue weighted by Gasteiger charge is -2.30. The van der Waals surface area contributed by atoms with Gasteiger partial charge in [-0.25, -0.2) is 8.42 Å². The number of amides is 2. The van der Waals surface area contributed by atoms with Gasteiger partial charge in [-0.05, 0) is 19.1 Å². The molecule has 1 aromatic carbocycles. The van der Waals surface area contributed by atoms with Crippen LogP contribution in [0.4, 0.5) is 5.69 Å². The average Bonchev–Trinajstić information content (AvgIpc) is 2.42.